The molecule has 0 aromatic heterocycles. The summed E-state index contributed by atoms with van der Waals surface area (Å²) in [5.41, 5.74) is 2.41. The molecule has 0 aliphatic rings. The van der Waals surface area contributed by atoms with Crippen LogP contribution in [0.15, 0.2) is 18.2 Å². The predicted octanol–water partition coefficient (Wildman–Crippen LogP) is 4.51. The fraction of sp³-hybridized carbons (Fsp3) is 0.625. The SMILES string of the molecule is CCCNC(CCCOCC)c1ccc(C)c(Cl)c1. The summed E-state index contributed by atoms with van der Waals surface area (Å²) >= 11 is 6.22. The molecule has 1 aromatic carbocycles. The van der Waals surface area contributed by atoms with Crippen molar-refractivity contribution in [2.75, 3.05) is 19.8 Å². The van der Waals surface area contributed by atoms with Crippen LogP contribution in [-0.4, -0.2) is 19.8 Å². The minimum atomic E-state index is 0.374. The van der Waals surface area contributed by atoms with Crippen LogP contribution in [0.4, 0.5) is 0 Å². The molecule has 1 N–H and O–H groups in total. The average Bonchev–Trinajstić information content (AvgIpc) is 2.41. The van der Waals surface area contributed by atoms with Crippen LogP contribution < -0.4 is 5.32 Å². The zero-order chi connectivity index (χ0) is 14.1. The molecule has 0 aliphatic heterocycles. The summed E-state index contributed by atoms with van der Waals surface area (Å²) in [4.78, 5) is 0. The Morgan fingerprint density at radius 3 is 2.74 bits per heavy atom. The van der Waals surface area contributed by atoms with E-state index in [0.717, 1.165) is 49.6 Å². The predicted molar refractivity (Wildman–Crippen MR) is 83.0 cm³/mol. The Labute approximate surface area is 122 Å². The summed E-state index contributed by atoms with van der Waals surface area (Å²) < 4.78 is 5.41. The lowest BCUT2D eigenvalue weighted by Crippen LogP contribution is -2.22. The van der Waals surface area contributed by atoms with Crippen LogP contribution in [0.5, 0.6) is 0 Å². The summed E-state index contributed by atoms with van der Waals surface area (Å²) in [6, 6.07) is 6.74. The zero-order valence-electron chi connectivity index (χ0n) is 12.3. The third kappa shape index (κ3) is 5.94. The van der Waals surface area contributed by atoms with E-state index in [9.17, 15) is 0 Å². The number of aryl methyl sites for hydroxylation is 1. The molecule has 19 heavy (non-hydrogen) atoms. The second-order valence-corrected chi connectivity index (χ2v) is 5.26. The van der Waals surface area contributed by atoms with Gasteiger partial charge in [-0.1, -0.05) is 30.7 Å². The topological polar surface area (TPSA) is 21.3 Å². The first-order valence-electron chi connectivity index (χ1n) is 7.26. The van der Waals surface area contributed by atoms with Gasteiger partial charge in [0, 0.05) is 24.3 Å². The number of hydrogen-bond acceptors (Lipinski definition) is 2. The molecule has 3 heteroatoms. The second-order valence-electron chi connectivity index (χ2n) is 4.85. The molecule has 0 heterocycles. The first-order valence-corrected chi connectivity index (χ1v) is 7.64. The lowest BCUT2D eigenvalue weighted by atomic mass is 10.0. The zero-order valence-corrected chi connectivity index (χ0v) is 13.1. The van der Waals surface area contributed by atoms with Gasteiger partial charge in [0.05, 0.1) is 0 Å². The van der Waals surface area contributed by atoms with Crippen molar-refractivity contribution in [1.82, 2.24) is 5.32 Å². The van der Waals surface area contributed by atoms with Crippen molar-refractivity contribution >= 4 is 11.6 Å². The fourth-order valence-electron chi connectivity index (χ4n) is 2.06. The maximum Gasteiger partial charge on any atom is 0.0466 e. The van der Waals surface area contributed by atoms with Gasteiger partial charge in [0.2, 0.25) is 0 Å². The third-order valence-electron chi connectivity index (χ3n) is 3.22. The second kappa shape index (κ2) is 9.35. The molecular weight excluding hydrogens is 258 g/mol. The van der Waals surface area contributed by atoms with Gasteiger partial charge in [-0.25, -0.2) is 0 Å². The van der Waals surface area contributed by atoms with Crippen molar-refractivity contribution in [3.05, 3.63) is 34.3 Å². The Morgan fingerprint density at radius 2 is 2.11 bits per heavy atom. The van der Waals surface area contributed by atoms with Crippen molar-refractivity contribution in [3.8, 4) is 0 Å². The van der Waals surface area contributed by atoms with E-state index >= 15 is 0 Å². The Kier molecular flexibility index (Phi) is 8.11. The molecule has 2 nitrogen and oxygen atoms in total. The molecular formula is C16H26ClNO. The largest absolute Gasteiger partial charge is 0.382 e. The average molecular weight is 284 g/mol. The standard InChI is InChI=1S/C16H26ClNO/c1-4-10-18-16(7-6-11-19-5-2)14-9-8-13(3)15(17)12-14/h8-9,12,16,18H,4-7,10-11H2,1-3H3. The first kappa shape index (κ1) is 16.5. The minimum absolute atomic E-state index is 0.374. The van der Waals surface area contributed by atoms with E-state index in [2.05, 4.69) is 30.4 Å². The van der Waals surface area contributed by atoms with Crippen molar-refractivity contribution in [2.24, 2.45) is 0 Å². The van der Waals surface area contributed by atoms with Crippen LogP contribution in [-0.2, 0) is 4.74 Å². The summed E-state index contributed by atoms with van der Waals surface area (Å²) in [7, 11) is 0. The Balaban J connectivity index is 2.63. The van der Waals surface area contributed by atoms with Gasteiger partial charge in [0.1, 0.15) is 0 Å². The van der Waals surface area contributed by atoms with E-state index < -0.39 is 0 Å². The van der Waals surface area contributed by atoms with E-state index in [1.807, 2.05) is 13.8 Å². The first-order chi connectivity index (χ1) is 9.19. The van der Waals surface area contributed by atoms with Crippen LogP contribution in [0.2, 0.25) is 5.02 Å². The Morgan fingerprint density at radius 1 is 1.32 bits per heavy atom. The molecule has 1 rings (SSSR count). The lowest BCUT2D eigenvalue weighted by Gasteiger charge is -2.19. The molecule has 0 fully saturated rings. The minimum Gasteiger partial charge on any atom is -0.382 e. The lowest BCUT2D eigenvalue weighted by molar-refractivity contribution is 0.141. The maximum absolute atomic E-state index is 6.22. The van der Waals surface area contributed by atoms with E-state index in [1.165, 1.54) is 5.56 Å². The molecule has 0 saturated carbocycles. The number of ether oxygens (including phenoxy) is 1. The monoisotopic (exact) mass is 283 g/mol. The van der Waals surface area contributed by atoms with E-state index in [4.69, 9.17) is 16.3 Å². The number of nitrogens with one attached hydrogen (secondary N) is 1. The van der Waals surface area contributed by atoms with Crippen molar-refractivity contribution in [2.45, 2.75) is 46.1 Å². The van der Waals surface area contributed by atoms with Crippen LogP contribution in [0.1, 0.15) is 50.3 Å². The van der Waals surface area contributed by atoms with Crippen molar-refractivity contribution < 1.29 is 4.74 Å². The summed E-state index contributed by atoms with van der Waals surface area (Å²) in [5, 5.41) is 4.45. The highest BCUT2D eigenvalue weighted by atomic mass is 35.5. The molecule has 1 unspecified atom stereocenters. The molecule has 1 atom stereocenters. The van der Waals surface area contributed by atoms with E-state index in [0.29, 0.717) is 6.04 Å². The van der Waals surface area contributed by atoms with Gasteiger partial charge < -0.3 is 10.1 Å². The number of rotatable bonds is 9. The van der Waals surface area contributed by atoms with Gasteiger partial charge in [-0.3, -0.25) is 0 Å². The smallest absolute Gasteiger partial charge is 0.0466 e. The van der Waals surface area contributed by atoms with Gasteiger partial charge in [-0.2, -0.15) is 0 Å². The van der Waals surface area contributed by atoms with Gasteiger partial charge >= 0.3 is 0 Å². The van der Waals surface area contributed by atoms with Crippen molar-refractivity contribution in [1.29, 1.82) is 0 Å². The highest BCUT2D eigenvalue weighted by Crippen LogP contribution is 2.24. The number of benzene rings is 1. The molecule has 0 saturated heterocycles. The summed E-state index contributed by atoms with van der Waals surface area (Å²) in [5.74, 6) is 0. The van der Waals surface area contributed by atoms with Gasteiger partial charge in [-0.15, -0.1) is 0 Å². The Bertz CT molecular complexity index is 368. The maximum atomic E-state index is 6.22. The number of hydrogen-bond donors (Lipinski definition) is 1. The quantitative estimate of drug-likeness (QED) is 0.674. The van der Waals surface area contributed by atoms with Crippen LogP contribution in [0.25, 0.3) is 0 Å². The molecule has 0 aliphatic carbocycles. The Hall–Kier alpha value is -0.570. The molecule has 0 radical (unpaired) electrons. The van der Waals surface area contributed by atoms with Crippen LogP contribution in [0.3, 0.4) is 0 Å². The molecule has 0 bridgehead atoms. The van der Waals surface area contributed by atoms with Crippen molar-refractivity contribution in [3.63, 3.8) is 0 Å². The normalized spacial score (nSPS) is 12.6. The van der Waals surface area contributed by atoms with E-state index in [1.54, 1.807) is 0 Å². The third-order valence-corrected chi connectivity index (χ3v) is 3.63. The molecule has 1 aromatic rings. The van der Waals surface area contributed by atoms with Gasteiger partial charge in [0.15, 0.2) is 0 Å². The molecule has 0 amide bonds. The van der Waals surface area contributed by atoms with E-state index in [-0.39, 0.29) is 0 Å². The highest BCUT2D eigenvalue weighted by molar-refractivity contribution is 6.31. The van der Waals surface area contributed by atoms with Gasteiger partial charge in [0.25, 0.3) is 0 Å². The summed E-state index contributed by atoms with van der Waals surface area (Å²) in [6.07, 6.45) is 3.29. The summed E-state index contributed by atoms with van der Waals surface area (Å²) in [6.45, 7) is 8.92. The highest BCUT2D eigenvalue weighted by Gasteiger charge is 2.11. The fourth-order valence-corrected chi connectivity index (χ4v) is 2.25. The molecule has 108 valence electrons. The van der Waals surface area contributed by atoms with Gasteiger partial charge in [-0.05, 0) is 56.8 Å². The van der Waals surface area contributed by atoms with Crippen LogP contribution in [0, 0.1) is 6.92 Å². The number of halogens is 1. The molecule has 0 spiro atoms. The van der Waals surface area contributed by atoms with Crippen LogP contribution >= 0.6 is 11.6 Å².